The largest absolute Gasteiger partial charge is 0.330 e. The number of rotatable bonds is 2. The summed E-state index contributed by atoms with van der Waals surface area (Å²) in [6.07, 6.45) is 3.80. The highest BCUT2D eigenvalue weighted by molar-refractivity contribution is 9.10. The second-order valence-electron chi connectivity index (χ2n) is 3.82. The first kappa shape index (κ1) is 12.0. The van der Waals surface area contributed by atoms with Gasteiger partial charge in [0.25, 0.3) is 0 Å². The van der Waals surface area contributed by atoms with Gasteiger partial charge in [-0.15, -0.1) is 12.4 Å². The van der Waals surface area contributed by atoms with Gasteiger partial charge in [0, 0.05) is 16.4 Å². The Kier molecular flexibility index (Phi) is 3.99. The Morgan fingerprint density at radius 3 is 2.36 bits per heavy atom. The van der Waals surface area contributed by atoms with Gasteiger partial charge in [-0.25, -0.2) is 0 Å². The highest BCUT2D eigenvalue weighted by Gasteiger charge is 2.38. The number of benzene rings is 1. The zero-order chi connectivity index (χ0) is 9.31. The minimum absolute atomic E-state index is 0. The molecule has 0 heterocycles. The molecule has 0 atom stereocenters. The van der Waals surface area contributed by atoms with E-state index in [0.717, 1.165) is 6.54 Å². The van der Waals surface area contributed by atoms with Gasteiger partial charge in [-0.1, -0.05) is 40.5 Å². The number of hydrogen-bond acceptors (Lipinski definition) is 1. The molecule has 0 unspecified atom stereocenters. The van der Waals surface area contributed by atoms with E-state index < -0.39 is 0 Å². The molecule has 14 heavy (non-hydrogen) atoms. The maximum absolute atomic E-state index is 5.85. The van der Waals surface area contributed by atoms with E-state index in [1.807, 2.05) is 0 Å². The summed E-state index contributed by atoms with van der Waals surface area (Å²) in [7, 11) is 0. The van der Waals surface area contributed by atoms with Gasteiger partial charge in [-0.3, -0.25) is 0 Å². The fourth-order valence-electron chi connectivity index (χ4n) is 2.08. The van der Waals surface area contributed by atoms with Gasteiger partial charge in [0.2, 0.25) is 0 Å². The van der Waals surface area contributed by atoms with Gasteiger partial charge in [0.1, 0.15) is 0 Å². The van der Waals surface area contributed by atoms with Crippen LogP contribution < -0.4 is 5.73 Å². The molecule has 1 aromatic carbocycles. The van der Waals surface area contributed by atoms with Crippen LogP contribution in [0.2, 0.25) is 0 Å². The lowest BCUT2D eigenvalue weighted by Gasteiger charge is -2.42. The van der Waals surface area contributed by atoms with Crippen molar-refractivity contribution in [3.8, 4) is 0 Å². The monoisotopic (exact) mass is 275 g/mol. The SMILES string of the molecule is Cl.NCC1(c2ccccc2Br)CCC1. The van der Waals surface area contributed by atoms with Crippen LogP contribution in [-0.4, -0.2) is 6.54 Å². The van der Waals surface area contributed by atoms with Crippen LogP contribution in [-0.2, 0) is 5.41 Å². The van der Waals surface area contributed by atoms with Crippen LogP contribution in [0.25, 0.3) is 0 Å². The van der Waals surface area contributed by atoms with Crippen molar-refractivity contribution in [2.75, 3.05) is 6.54 Å². The van der Waals surface area contributed by atoms with E-state index in [-0.39, 0.29) is 17.8 Å². The Balaban J connectivity index is 0.000000980. The van der Waals surface area contributed by atoms with Gasteiger partial charge in [-0.05, 0) is 24.5 Å². The first-order valence-corrected chi connectivity index (χ1v) is 5.53. The lowest BCUT2D eigenvalue weighted by Crippen LogP contribution is -2.41. The zero-order valence-electron chi connectivity index (χ0n) is 8.00. The smallest absolute Gasteiger partial charge is 0.0213 e. The van der Waals surface area contributed by atoms with Crippen LogP contribution in [0.1, 0.15) is 24.8 Å². The molecule has 2 N–H and O–H groups in total. The standard InChI is InChI=1S/C11H14BrN.ClH/c12-10-5-2-1-4-9(10)11(8-13)6-3-7-11;/h1-2,4-5H,3,6-8,13H2;1H. The molecule has 0 bridgehead atoms. The van der Waals surface area contributed by atoms with Crippen molar-refractivity contribution < 1.29 is 0 Å². The average Bonchev–Trinajstić information content (AvgIpc) is 2.07. The molecule has 1 saturated carbocycles. The van der Waals surface area contributed by atoms with E-state index in [1.54, 1.807) is 0 Å². The van der Waals surface area contributed by atoms with Crippen LogP contribution in [0.5, 0.6) is 0 Å². The van der Waals surface area contributed by atoms with Crippen LogP contribution >= 0.6 is 28.3 Å². The molecule has 0 radical (unpaired) electrons. The zero-order valence-corrected chi connectivity index (χ0v) is 10.4. The molecule has 0 saturated heterocycles. The first-order valence-electron chi connectivity index (χ1n) is 4.74. The predicted molar refractivity (Wildman–Crippen MR) is 66.0 cm³/mol. The maximum atomic E-state index is 5.85. The van der Waals surface area contributed by atoms with E-state index in [4.69, 9.17) is 5.73 Å². The van der Waals surface area contributed by atoms with Crippen LogP contribution in [0, 0.1) is 0 Å². The van der Waals surface area contributed by atoms with Crippen LogP contribution in [0.15, 0.2) is 28.7 Å². The molecule has 0 aromatic heterocycles. The van der Waals surface area contributed by atoms with Crippen molar-refractivity contribution in [2.45, 2.75) is 24.7 Å². The lowest BCUT2D eigenvalue weighted by molar-refractivity contribution is 0.252. The minimum atomic E-state index is 0. The van der Waals surface area contributed by atoms with Crippen molar-refractivity contribution in [2.24, 2.45) is 5.73 Å². The summed E-state index contributed by atoms with van der Waals surface area (Å²) in [5.41, 5.74) is 7.52. The highest BCUT2D eigenvalue weighted by atomic mass is 79.9. The molecule has 1 aliphatic carbocycles. The molecular weight excluding hydrogens is 261 g/mol. The minimum Gasteiger partial charge on any atom is -0.330 e. The molecule has 78 valence electrons. The normalized spacial score (nSPS) is 18.1. The third kappa shape index (κ3) is 1.83. The Morgan fingerprint density at radius 2 is 1.93 bits per heavy atom. The van der Waals surface area contributed by atoms with E-state index >= 15 is 0 Å². The number of hydrogen-bond donors (Lipinski definition) is 1. The third-order valence-corrected chi connectivity index (χ3v) is 3.84. The fraction of sp³-hybridized carbons (Fsp3) is 0.455. The summed E-state index contributed by atoms with van der Waals surface area (Å²) < 4.78 is 1.21. The van der Waals surface area contributed by atoms with Crippen molar-refractivity contribution in [3.63, 3.8) is 0 Å². The Hall–Kier alpha value is -0.0500. The average molecular weight is 277 g/mol. The Morgan fingerprint density at radius 1 is 1.29 bits per heavy atom. The van der Waals surface area contributed by atoms with E-state index in [2.05, 4.69) is 40.2 Å². The number of halogens is 2. The van der Waals surface area contributed by atoms with E-state index in [9.17, 15) is 0 Å². The van der Waals surface area contributed by atoms with Crippen LogP contribution in [0.3, 0.4) is 0 Å². The molecule has 1 fully saturated rings. The second-order valence-corrected chi connectivity index (χ2v) is 4.67. The first-order chi connectivity index (χ1) is 6.28. The highest BCUT2D eigenvalue weighted by Crippen LogP contribution is 2.45. The molecule has 0 aliphatic heterocycles. The van der Waals surface area contributed by atoms with Gasteiger partial charge < -0.3 is 5.73 Å². The molecule has 3 heteroatoms. The topological polar surface area (TPSA) is 26.0 Å². The summed E-state index contributed by atoms with van der Waals surface area (Å²) in [4.78, 5) is 0. The van der Waals surface area contributed by atoms with Gasteiger partial charge >= 0.3 is 0 Å². The third-order valence-electron chi connectivity index (χ3n) is 3.15. The van der Waals surface area contributed by atoms with E-state index in [0.29, 0.717) is 0 Å². The molecule has 1 aliphatic rings. The van der Waals surface area contributed by atoms with Gasteiger partial charge in [-0.2, -0.15) is 0 Å². The summed E-state index contributed by atoms with van der Waals surface area (Å²) in [5, 5.41) is 0. The molecular formula is C11H15BrClN. The van der Waals surface area contributed by atoms with Crippen molar-refractivity contribution in [1.29, 1.82) is 0 Å². The second kappa shape index (κ2) is 4.65. The molecule has 2 rings (SSSR count). The Labute approximate surface area is 99.6 Å². The van der Waals surface area contributed by atoms with Crippen molar-refractivity contribution in [1.82, 2.24) is 0 Å². The lowest BCUT2D eigenvalue weighted by atomic mass is 9.64. The van der Waals surface area contributed by atoms with Gasteiger partial charge in [0.15, 0.2) is 0 Å². The van der Waals surface area contributed by atoms with Crippen molar-refractivity contribution >= 4 is 28.3 Å². The number of nitrogens with two attached hydrogens (primary N) is 1. The van der Waals surface area contributed by atoms with Gasteiger partial charge in [0.05, 0.1) is 0 Å². The summed E-state index contributed by atoms with van der Waals surface area (Å²) in [5.74, 6) is 0. The maximum Gasteiger partial charge on any atom is 0.0213 e. The molecule has 0 spiro atoms. The fourth-order valence-corrected chi connectivity index (χ4v) is 2.78. The van der Waals surface area contributed by atoms with Crippen molar-refractivity contribution in [3.05, 3.63) is 34.3 Å². The summed E-state index contributed by atoms with van der Waals surface area (Å²) in [6.45, 7) is 0.773. The summed E-state index contributed by atoms with van der Waals surface area (Å²) in [6, 6.07) is 8.44. The van der Waals surface area contributed by atoms with Crippen LogP contribution in [0.4, 0.5) is 0 Å². The summed E-state index contributed by atoms with van der Waals surface area (Å²) >= 11 is 3.59. The Bertz CT molecular complexity index is 304. The quantitative estimate of drug-likeness (QED) is 0.882. The predicted octanol–water partition coefficient (Wildman–Crippen LogP) is 3.25. The van der Waals surface area contributed by atoms with E-state index in [1.165, 1.54) is 29.3 Å². The molecule has 0 amide bonds. The molecule has 1 nitrogen and oxygen atoms in total. The molecule has 1 aromatic rings.